The Morgan fingerprint density at radius 2 is 2.06 bits per heavy atom. The minimum atomic E-state index is 0.439. The molecule has 2 N–H and O–H groups in total. The van der Waals surface area contributed by atoms with Crippen molar-refractivity contribution < 1.29 is 4.84 Å². The van der Waals surface area contributed by atoms with Crippen molar-refractivity contribution in [3.8, 4) is 0 Å². The molecule has 1 heterocycles. The minimum absolute atomic E-state index is 0.439. The lowest BCUT2D eigenvalue weighted by Crippen LogP contribution is -2.37. The second kappa shape index (κ2) is 8.04. The molecular weight excluding hydrogens is 200 g/mol. The maximum Gasteiger partial charge on any atom is 0.0705 e. The maximum absolute atomic E-state index is 5.45. The van der Waals surface area contributed by atoms with Gasteiger partial charge in [-0.05, 0) is 38.6 Å². The van der Waals surface area contributed by atoms with Crippen LogP contribution in [0.1, 0.15) is 52.9 Å². The van der Waals surface area contributed by atoms with E-state index in [1.807, 2.05) is 0 Å². The van der Waals surface area contributed by atoms with E-state index in [2.05, 4.69) is 31.6 Å². The molecule has 1 aliphatic heterocycles. The first-order chi connectivity index (χ1) is 7.68. The molecule has 1 aliphatic rings. The SMILES string of the molecule is CC(C)CONC(C)CC1CCCCCN1. The maximum atomic E-state index is 5.45. The number of hydroxylamine groups is 1. The number of rotatable bonds is 6. The van der Waals surface area contributed by atoms with E-state index in [0.717, 1.165) is 13.0 Å². The van der Waals surface area contributed by atoms with Crippen LogP contribution in [-0.2, 0) is 4.84 Å². The summed E-state index contributed by atoms with van der Waals surface area (Å²) in [5.74, 6) is 0.593. The van der Waals surface area contributed by atoms with Gasteiger partial charge in [0.2, 0.25) is 0 Å². The molecule has 96 valence electrons. The number of nitrogens with one attached hydrogen (secondary N) is 2. The molecule has 3 nitrogen and oxygen atoms in total. The van der Waals surface area contributed by atoms with Crippen molar-refractivity contribution in [2.75, 3.05) is 13.2 Å². The van der Waals surface area contributed by atoms with E-state index in [-0.39, 0.29) is 0 Å². The van der Waals surface area contributed by atoms with E-state index in [9.17, 15) is 0 Å². The van der Waals surface area contributed by atoms with E-state index >= 15 is 0 Å². The van der Waals surface area contributed by atoms with Crippen molar-refractivity contribution >= 4 is 0 Å². The normalized spacial score (nSPS) is 24.4. The van der Waals surface area contributed by atoms with Crippen molar-refractivity contribution in [3.05, 3.63) is 0 Å². The topological polar surface area (TPSA) is 33.3 Å². The summed E-state index contributed by atoms with van der Waals surface area (Å²) in [7, 11) is 0. The standard InChI is InChI=1S/C13H28N2O/c1-11(2)10-16-15-12(3)9-13-7-5-4-6-8-14-13/h11-15H,4-10H2,1-3H3. The molecule has 0 bridgehead atoms. The van der Waals surface area contributed by atoms with Crippen LogP contribution in [0.15, 0.2) is 0 Å². The third-order valence-electron chi connectivity index (χ3n) is 3.00. The Morgan fingerprint density at radius 1 is 1.25 bits per heavy atom. The first-order valence-corrected chi connectivity index (χ1v) is 6.79. The summed E-state index contributed by atoms with van der Waals surface area (Å²) in [4.78, 5) is 5.45. The Hall–Kier alpha value is -0.120. The van der Waals surface area contributed by atoms with Gasteiger partial charge in [-0.15, -0.1) is 0 Å². The van der Waals surface area contributed by atoms with Gasteiger partial charge in [-0.1, -0.05) is 26.7 Å². The summed E-state index contributed by atoms with van der Waals surface area (Å²) < 4.78 is 0. The van der Waals surface area contributed by atoms with Gasteiger partial charge in [-0.2, -0.15) is 5.48 Å². The Bertz CT molecular complexity index is 165. The van der Waals surface area contributed by atoms with Crippen molar-refractivity contribution in [3.63, 3.8) is 0 Å². The quantitative estimate of drug-likeness (QED) is 0.685. The molecule has 1 saturated heterocycles. The molecule has 0 aromatic heterocycles. The summed E-state index contributed by atoms with van der Waals surface area (Å²) in [5, 5.41) is 3.62. The predicted molar refractivity (Wildman–Crippen MR) is 68.3 cm³/mol. The molecule has 1 fully saturated rings. The fourth-order valence-corrected chi connectivity index (χ4v) is 2.13. The summed E-state index contributed by atoms with van der Waals surface area (Å²) in [5.41, 5.74) is 3.14. The van der Waals surface area contributed by atoms with E-state index in [0.29, 0.717) is 18.0 Å². The average molecular weight is 228 g/mol. The third-order valence-corrected chi connectivity index (χ3v) is 3.00. The summed E-state index contributed by atoms with van der Waals surface area (Å²) >= 11 is 0. The Morgan fingerprint density at radius 3 is 2.81 bits per heavy atom. The van der Waals surface area contributed by atoms with Crippen LogP contribution in [0.4, 0.5) is 0 Å². The van der Waals surface area contributed by atoms with Crippen LogP contribution < -0.4 is 10.8 Å². The number of hydrogen-bond acceptors (Lipinski definition) is 3. The van der Waals surface area contributed by atoms with Crippen LogP contribution >= 0.6 is 0 Å². The zero-order valence-electron chi connectivity index (χ0n) is 11.1. The second-order valence-corrected chi connectivity index (χ2v) is 5.46. The van der Waals surface area contributed by atoms with Gasteiger partial charge in [0, 0.05) is 12.1 Å². The Kier molecular flexibility index (Phi) is 7.01. The summed E-state index contributed by atoms with van der Waals surface area (Å²) in [6, 6.07) is 1.11. The van der Waals surface area contributed by atoms with Crippen LogP contribution in [0.3, 0.4) is 0 Å². The predicted octanol–water partition coefficient (Wildman–Crippen LogP) is 2.47. The Labute approximate surface area is 100 Å². The van der Waals surface area contributed by atoms with Crippen LogP contribution in [0.25, 0.3) is 0 Å². The highest BCUT2D eigenvalue weighted by atomic mass is 16.6. The Balaban J connectivity index is 2.09. The molecule has 3 heteroatoms. The molecular formula is C13H28N2O. The lowest BCUT2D eigenvalue weighted by atomic mass is 10.0. The zero-order chi connectivity index (χ0) is 11.8. The molecule has 2 unspecified atom stereocenters. The van der Waals surface area contributed by atoms with Crippen molar-refractivity contribution in [2.24, 2.45) is 5.92 Å². The minimum Gasteiger partial charge on any atom is -0.314 e. The molecule has 0 aromatic carbocycles. The van der Waals surface area contributed by atoms with Gasteiger partial charge >= 0.3 is 0 Å². The average Bonchev–Trinajstić information content (AvgIpc) is 2.45. The lowest BCUT2D eigenvalue weighted by molar-refractivity contribution is 0.000993. The van der Waals surface area contributed by atoms with E-state index in [4.69, 9.17) is 4.84 Å². The van der Waals surface area contributed by atoms with E-state index in [1.165, 1.54) is 32.2 Å². The molecule has 0 radical (unpaired) electrons. The van der Waals surface area contributed by atoms with Crippen LogP contribution in [-0.4, -0.2) is 25.2 Å². The molecule has 0 spiro atoms. The molecule has 2 atom stereocenters. The zero-order valence-corrected chi connectivity index (χ0v) is 11.1. The van der Waals surface area contributed by atoms with Crippen LogP contribution in [0.2, 0.25) is 0 Å². The van der Waals surface area contributed by atoms with E-state index in [1.54, 1.807) is 0 Å². The van der Waals surface area contributed by atoms with Crippen LogP contribution in [0.5, 0.6) is 0 Å². The van der Waals surface area contributed by atoms with Crippen molar-refractivity contribution in [1.82, 2.24) is 10.8 Å². The number of hydrogen-bond donors (Lipinski definition) is 2. The largest absolute Gasteiger partial charge is 0.314 e. The van der Waals surface area contributed by atoms with Gasteiger partial charge in [0.1, 0.15) is 0 Å². The molecule has 16 heavy (non-hydrogen) atoms. The molecule has 0 saturated carbocycles. The third kappa shape index (κ3) is 6.46. The van der Waals surface area contributed by atoms with Crippen LogP contribution in [0, 0.1) is 5.92 Å². The highest BCUT2D eigenvalue weighted by Gasteiger charge is 2.14. The highest BCUT2D eigenvalue weighted by molar-refractivity contribution is 4.74. The molecule has 0 amide bonds. The molecule has 0 aliphatic carbocycles. The monoisotopic (exact) mass is 228 g/mol. The molecule has 1 rings (SSSR count). The van der Waals surface area contributed by atoms with Gasteiger partial charge in [0.15, 0.2) is 0 Å². The van der Waals surface area contributed by atoms with Gasteiger partial charge in [-0.25, -0.2) is 0 Å². The lowest BCUT2D eigenvalue weighted by Gasteiger charge is -2.21. The van der Waals surface area contributed by atoms with Crippen molar-refractivity contribution in [2.45, 2.75) is 65.0 Å². The van der Waals surface area contributed by atoms with Gasteiger partial charge in [-0.3, -0.25) is 0 Å². The van der Waals surface area contributed by atoms with Gasteiger partial charge in [0.25, 0.3) is 0 Å². The van der Waals surface area contributed by atoms with E-state index < -0.39 is 0 Å². The second-order valence-electron chi connectivity index (χ2n) is 5.46. The van der Waals surface area contributed by atoms with Gasteiger partial charge < -0.3 is 10.2 Å². The molecule has 0 aromatic rings. The highest BCUT2D eigenvalue weighted by Crippen LogP contribution is 2.12. The summed E-state index contributed by atoms with van der Waals surface area (Å²) in [6.07, 6.45) is 6.57. The fourth-order valence-electron chi connectivity index (χ4n) is 2.13. The summed E-state index contributed by atoms with van der Waals surface area (Å²) in [6.45, 7) is 8.51. The van der Waals surface area contributed by atoms with Crippen molar-refractivity contribution in [1.29, 1.82) is 0 Å². The fraction of sp³-hybridized carbons (Fsp3) is 1.00. The first-order valence-electron chi connectivity index (χ1n) is 6.79. The smallest absolute Gasteiger partial charge is 0.0705 e. The van der Waals surface area contributed by atoms with Gasteiger partial charge in [0.05, 0.1) is 6.61 Å². The first kappa shape index (κ1) is 13.9.